The van der Waals surface area contributed by atoms with Gasteiger partial charge in [0, 0.05) is 18.8 Å². The lowest BCUT2D eigenvalue weighted by Gasteiger charge is -2.31. The Morgan fingerprint density at radius 3 is 2.74 bits per heavy atom. The predicted octanol–water partition coefficient (Wildman–Crippen LogP) is 3.84. The van der Waals surface area contributed by atoms with Crippen LogP contribution in [0.3, 0.4) is 0 Å². The van der Waals surface area contributed by atoms with E-state index >= 15 is 0 Å². The average Bonchev–Trinajstić information content (AvgIpc) is 3.22. The summed E-state index contributed by atoms with van der Waals surface area (Å²) in [6.07, 6.45) is -2.13. The van der Waals surface area contributed by atoms with E-state index < -0.39 is 35.7 Å². The molecule has 4 rings (SSSR count). The van der Waals surface area contributed by atoms with Crippen LogP contribution in [-0.4, -0.2) is 51.9 Å². The SMILES string of the molecule is CCOC(=O)[C@@H]1CCCN(C(=O)c2sc3ncn(CC(=O)Nc4cccc(C(F)(F)F)c4)c(=O)c3c2C)C1. The molecule has 1 aromatic carbocycles. The highest BCUT2D eigenvalue weighted by Gasteiger charge is 2.32. The van der Waals surface area contributed by atoms with Gasteiger partial charge >= 0.3 is 12.1 Å². The molecule has 0 radical (unpaired) electrons. The predicted molar refractivity (Wildman–Crippen MR) is 134 cm³/mol. The van der Waals surface area contributed by atoms with Gasteiger partial charge in [0.05, 0.1) is 34.7 Å². The van der Waals surface area contributed by atoms with Crippen LogP contribution < -0.4 is 10.9 Å². The topological polar surface area (TPSA) is 111 Å². The van der Waals surface area contributed by atoms with Crippen molar-refractivity contribution in [2.24, 2.45) is 5.92 Å². The second kappa shape index (κ2) is 10.9. The molecule has 3 aromatic rings. The number of hydrogen-bond donors (Lipinski definition) is 1. The van der Waals surface area contributed by atoms with Crippen molar-refractivity contribution in [2.75, 3.05) is 25.0 Å². The van der Waals surface area contributed by atoms with Crippen LogP contribution in [0.1, 0.15) is 40.6 Å². The Bertz CT molecular complexity index is 1450. The minimum absolute atomic E-state index is 0.0610. The summed E-state index contributed by atoms with van der Waals surface area (Å²) in [5.41, 5.74) is -1.11. The molecule has 1 fully saturated rings. The molecule has 1 aliphatic heterocycles. The highest BCUT2D eigenvalue weighted by Crippen LogP contribution is 2.31. The molecular weight excluding hydrogens is 525 g/mol. The molecule has 0 aliphatic carbocycles. The lowest BCUT2D eigenvalue weighted by atomic mass is 9.98. The van der Waals surface area contributed by atoms with Gasteiger partial charge in [-0.05, 0) is 50.5 Å². The van der Waals surface area contributed by atoms with Gasteiger partial charge in [0.2, 0.25) is 5.91 Å². The number of carbonyl (C=O) groups is 3. The van der Waals surface area contributed by atoms with Gasteiger partial charge in [-0.3, -0.25) is 23.7 Å². The third-order valence-corrected chi connectivity index (χ3v) is 7.42. The number of esters is 1. The number of likely N-dealkylation sites (tertiary alicyclic amines) is 1. The third-order valence-electron chi connectivity index (χ3n) is 6.23. The van der Waals surface area contributed by atoms with Gasteiger partial charge < -0.3 is 15.0 Å². The van der Waals surface area contributed by atoms with Crippen LogP contribution in [0.25, 0.3) is 10.2 Å². The Kier molecular flexibility index (Phi) is 7.86. The molecule has 202 valence electrons. The Morgan fingerprint density at radius 1 is 1.26 bits per heavy atom. The average molecular weight is 551 g/mol. The van der Waals surface area contributed by atoms with Crippen LogP contribution in [0.5, 0.6) is 0 Å². The summed E-state index contributed by atoms with van der Waals surface area (Å²) >= 11 is 1.05. The molecule has 2 amide bonds. The maximum absolute atomic E-state index is 13.3. The molecule has 0 unspecified atom stereocenters. The number of thiophene rings is 1. The van der Waals surface area contributed by atoms with Gasteiger partial charge in [-0.2, -0.15) is 13.2 Å². The number of aromatic nitrogens is 2. The van der Waals surface area contributed by atoms with E-state index in [0.717, 1.165) is 34.4 Å². The smallest absolute Gasteiger partial charge is 0.416 e. The summed E-state index contributed by atoms with van der Waals surface area (Å²) < 4.78 is 45.0. The zero-order chi connectivity index (χ0) is 27.6. The molecule has 1 atom stereocenters. The number of aryl methyl sites for hydroxylation is 1. The number of anilines is 1. The monoisotopic (exact) mass is 550 g/mol. The Morgan fingerprint density at radius 2 is 2.03 bits per heavy atom. The minimum atomic E-state index is -4.56. The summed E-state index contributed by atoms with van der Waals surface area (Å²) in [6.45, 7) is 3.81. The van der Waals surface area contributed by atoms with Gasteiger partial charge in [-0.25, -0.2) is 4.98 Å². The molecular formula is C25H25F3N4O5S. The second-order valence-electron chi connectivity index (χ2n) is 8.88. The highest BCUT2D eigenvalue weighted by atomic mass is 32.1. The zero-order valence-corrected chi connectivity index (χ0v) is 21.4. The van der Waals surface area contributed by atoms with Gasteiger partial charge in [0.1, 0.15) is 11.4 Å². The van der Waals surface area contributed by atoms with Crippen LogP contribution in [0.15, 0.2) is 35.4 Å². The first-order valence-electron chi connectivity index (χ1n) is 11.9. The van der Waals surface area contributed by atoms with Crippen molar-refractivity contribution in [3.63, 3.8) is 0 Å². The summed E-state index contributed by atoms with van der Waals surface area (Å²) in [4.78, 5) is 57.6. The van der Waals surface area contributed by atoms with Crippen LogP contribution in [0.2, 0.25) is 0 Å². The number of piperidine rings is 1. The minimum Gasteiger partial charge on any atom is -0.466 e. The van der Waals surface area contributed by atoms with E-state index in [9.17, 15) is 32.3 Å². The van der Waals surface area contributed by atoms with Crippen molar-refractivity contribution >= 4 is 45.0 Å². The number of hydrogen-bond acceptors (Lipinski definition) is 7. The summed E-state index contributed by atoms with van der Waals surface area (Å²) in [5.74, 6) is -1.78. The van der Waals surface area contributed by atoms with E-state index in [1.165, 1.54) is 12.1 Å². The Hall–Kier alpha value is -3.74. The van der Waals surface area contributed by atoms with Crippen LogP contribution in [0, 0.1) is 12.8 Å². The second-order valence-corrected chi connectivity index (χ2v) is 9.88. The lowest BCUT2D eigenvalue weighted by Crippen LogP contribution is -2.42. The molecule has 1 N–H and O–H groups in total. The van der Waals surface area contributed by atoms with Crippen molar-refractivity contribution in [3.8, 4) is 0 Å². The number of alkyl halides is 3. The Balaban J connectivity index is 1.53. The summed E-state index contributed by atoms with van der Waals surface area (Å²) in [5, 5.41) is 2.55. The number of fused-ring (bicyclic) bond motifs is 1. The fourth-order valence-corrected chi connectivity index (χ4v) is 5.47. The molecule has 0 bridgehead atoms. The first-order valence-corrected chi connectivity index (χ1v) is 12.7. The number of ether oxygens (including phenoxy) is 1. The quantitative estimate of drug-likeness (QED) is 0.467. The van der Waals surface area contributed by atoms with Crippen molar-refractivity contribution < 1.29 is 32.3 Å². The van der Waals surface area contributed by atoms with E-state index in [2.05, 4.69) is 10.3 Å². The van der Waals surface area contributed by atoms with Crippen LogP contribution in [-0.2, 0) is 27.0 Å². The number of benzene rings is 1. The molecule has 9 nitrogen and oxygen atoms in total. The molecule has 0 spiro atoms. The van der Waals surface area contributed by atoms with E-state index in [1.54, 1.807) is 18.7 Å². The van der Waals surface area contributed by atoms with E-state index in [0.29, 0.717) is 34.7 Å². The maximum atomic E-state index is 13.3. The standard InChI is InChI=1S/C25H25F3N4O5S/c1-3-37-24(36)15-6-5-9-31(11-15)23(35)20-14(2)19-21(38-20)29-13-32(22(19)34)12-18(33)30-17-8-4-7-16(10-17)25(26,27)28/h4,7-8,10,13,15H,3,5-6,9,11-12H2,1-2H3,(H,30,33)/t15-/m1/s1. The van der Waals surface area contributed by atoms with Crippen molar-refractivity contribution in [1.82, 2.24) is 14.5 Å². The van der Waals surface area contributed by atoms with E-state index in [4.69, 9.17) is 4.74 Å². The summed E-state index contributed by atoms with van der Waals surface area (Å²) in [7, 11) is 0. The molecule has 3 heterocycles. The van der Waals surface area contributed by atoms with Crippen LogP contribution >= 0.6 is 11.3 Å². The zero-order valence-electron chi connectivity index (χ0n) is 20.6. The Labute approximate surface area is 219 Å². The largest absolute Gasteiger partial charge is 0.466 e. The van der Waals surface area contributed by atoms with Crippen molar-refractivity contribution in [3.05, 3.63) is 57.0 Å². The fraction of sp³-hybridized carbons (Fsp3) is 0.400. The number of amides is 2. The maximum Gasteiger partial charge on any atom is 0.416 e. The first-order chi connectivity index (χ1) is 18.0. The van der Waals surface area contributed by atoms with E-state index in [1.807, 2.05) is 0 Å². The molecule has 13 heteroatoms. The molecule has 0 saturated carbocycles. The summed E-state index contributed by atoms with van der Waals surface area (Å²) in [6, 6.07) is 4.17. The normalized spacial score (nSPS) is 15.9. The molecule has 1 saturated heterocycles. The number of carbonyl (C=O) groups excluding carboxylic acids is 3. The molecule has 2 aromatic heterocycles. The van der Waals surface area contributed by atoms with Crippen molar-refractivity contribution in [1.29, 1.82) is 0 Å². The number of nitrogens with zero attached hydrogens (tertiary/aromatic N) is 3. The highest BCUT2D eigenvalue weighted by molar-refractivity contribution is 7.20. The van der Waals surface area contributed by atoms with Gasteiger partial charge in [0.25, 0.3) is 11.5 Å². The lowest BCUT2D eigenvalue weighted by molar-refractivity contribution is -0.149. The molecule has 38 heavy (non-hydrogen) atoms. The number of halogens is 3. The first kappa shape index (κ1) is 27.3. The van der Waals surface area contributed by atoms with Crippen LogP contribution in [0.4, 0.5) is 18.9 Å². The van der Waals surface area contributed by atoms with Gasteiger partial charge in [0.15, 0.2) is 0 Å². The molecule has 1 aliphatic rings. The fourth-order valence-electron chi connectivity index (χ4n) is 4.36. The van der Waals surface area contributed by atoms with Crippen molar-refractivity contribution in [2.45, 2.75) is 39.4 Å². The third kappa shape index (κ3) is 5.72. The van der Waals surface area contributed by atoms with E-state index in [-0.39, 0.29) is 36.1 Å². The van der Waals surface area contributed by atoms with Gasteiger partial charge in [-0.15, -0.1) is 11.3 Å². The number of rotatable bonds is 6. The van der Waals surface area contributed by atoms with Gasteiger partial charge in [-0.1, -0.05) is 6.07 Å². The number of nitrogens with one attached hydrogen (secondary N) is 1.